The van der Waals surface area contributed by atoms with Crippen LogP contribution in [0.1, 0.15) is 22.9 Å². The molecule has 0 aliphatic rings. The van der Waals surface area contributed by atoms with Crippen LogP contribution in [0.15, 0.2) is 71.6 Å². The van der Waals surface area contributed by atoms with Crippen molar-refractivity contribution < 1.29 is 8.42 Å². The number of nitriles is 1. The maximum Gasteiger partial charge on any atom is 0.175 e. The number of nitrogens with zero attached hydrogens (tertiary/aromatic N) is 2. The molecule has 0 aliphatic carbocycles. The Morgan fingerprint density at radius 1 is 1.04 bits per heavy atom. The second-order valence-electron chi connectivity index (χ2n) is 5.97. The van der Waals surface area contributed by atoms with Gasteiger partial charge in [0.05, 0.1) is 16.0 Å². The number of aromatic nitrogens is 1. The van der Waals surface area contributed by atoms with E-state index in [1.54, 1.807) is 30.3 Å². The molecule has 0 aliphatic heterocycles. The minimum atomic E-state index is -3.33. The van der Waals surface area contributed by atoms with E-state index in [4.69, 9.17) is 16.9 Å². The average Bonchev–Trinajstić information content (AvgIpc) is 2.67. The quantitative estimate of drug-likeness (QED) is 0.697. The molecule has 3 aromatic rings. The first-order chi connectivity index (χ1) is 12.9. The Kier molecular flexibility index (Phi) is 5.45. The summed E-state index contributed by atoms with van der Waals surface area (Å²) in [6, 6.07) is 21.2. The molecule has 5 nitrogen and oxygen atoms in total. The van der Waals surface area contributed by atoms with E-state index in [1.807, 2.05) is 42.5 Å². The summed E-state index contributed by atoms with van der Waals surface area (Å²) in [5, 5.41) is 12.7. The van der Waals surface area contributed by atoms with Gasteiger partial charge in [0.2, 0.25) is 0 Å². The van der Waals surface area contributed by atoms with E-state index >= 15 is 0 Å². The number of anilines is 1. The largest absolute Gasteiger partial charge is 0.359 e. The van der Waals surface area contributed by atoms with E-state index in [2.05, 4.69) is 10.3 Å². The van der Waals surface area contributed by atoms with Gasteiger partial charge in [-0.1, -0.05) is 54.1 Å². The fourth-order valence-electron chi connectivity index (χ4n) is 2.68. The van der Waals surface area contributed by atoms with Crippen molar-refractivity contribution in [3.63, 3.8) is 0 Å². The van der Waals surface area contributed by atoms with Gasteiger partial charge in [0, 0.05) is 6.26 Å². The van der Waals surface area contributed by atoms with Crippen molar-refractivity contribution in [1.82, 2.24) is 4.98 Å². The lowest BCUT2D eigenvalue weighted by Crippen LogP contribution is -2.14. The van der Waals surface area contributed by atoms with Crippen LogP contribution in [-0.2, 0) is 9.84 Å². The fraction of sp³-hybridized carbons (Fsp3) is 0.100. The molecular formula is C20H16ClN3O2S. The van der Waals surface area contributed by atoms with Gasteiger partial charge in [0.25, 0.3) is 0 Å². The van der Waals surface area contributed by atoms with Crippen LogP contribution in [0, 0.1) is 11.3 Å². The second-order valence-corrected chi connectivity index (χ2v) is 8.39. The molecular weight excluding hydrogens is 382 g/mol. The first kappa shape index (κ1) is 18.9. The molecule has 7 heteroatoms. The third-order valence-corrected chi connectivity index (χ3v) is 5.41. The van der Waals surface area contributed by atoms with Gasteiger partial charge in [-0.2, -0.15) is 5.26 Å². The molecule has 1 N–H and O–H groups in total. The molecule has 0 spiro atoms. The number of hydrogen-bond acceptors (Lipinski definition) is 5. The molecule has 1 unspecified atom stereocenters. The highest BCUT2D eigenvalue weighted by atomic mass is 35.5. The molecule has 0 saturated carbocycles. The summed E-state index contributed by atoms with van der Waals surface area (Å²) in [6.45, 7) is 0. The van der Waals surface area contributed by atoms with E-state index < -0.39 is 9.84 Å². The number of halogens is 1. The van der Waals surface area contributed by atoms with E-state index in [0.717, 1.165) is 11.1 Å². The van der Waals surface area contributed by atoms with Crippen molar-refractivity contribution in [3.8, 4) is 6.07 Å². The number of hydrogen-bond donors (Lipinski definition) is 1. The number of pyridine rings is 1. The molecule has 0 saturated heterocycles. The number of benzene rings is 2. The molecule has 1 atom stereocenters. The molecule has 136 valence electrons. The molecule has 1 aromatic heterocycles. The lowest BCUT2D eigenvalue weighted by molar-refractivity contribution is 0.601. The number of rotatable bonds is 5. The van der Waals surface area contributed by atoms with Crippen molar-refractivity contribution in [1.29, 1.82) is 5.26 Å². The zero-order valence-electron chi connectivity index (χ0n) is 14.4. The molecule has 0 radical (unpaired) electrons. The van der Waals surface area contributed by atoms with Crippen LogP contribution in [0.5, 0.6) is 0 Å². The number of nitrogens with one attached hydrogen (secondary N) is 1. The maximum atomic E-state index is 11.9. The Morgan fingerprint density at radius 3 is 2.41 bits per heavy atom. The molecule has 0 fully saturated rings. The summed E-state index contributed by atoms with van der Waals surface area (Å²) in [5.41, 5.74) is 1.82. The lowest BCUT2D eigenvalue weighted by atomic mass is 9.98. The van der Waals surface area contributed by atoms with Crippen molar-refractivity contribution in [3.05, 3.63) is 88.6 Å². The summed E-state index contributed by atoms with van der Waals surface area (Å²) in [5.74, 6) is 0.467. The van der Waals surface area contributed by atoms with Crippen LogP contribution in [-0.4, -0.2) is 19.7 Å². The van der Waals surface area contributed by atoms with E-state index in [9.17, 15) is 8.42 Å². The minimum absolute atomic E-state index is 0.123. The zero-order chi connectivity index (χ0) is 19.4. The fourth-order valence-corrected chi connectivity index (χ4v) is 3.50. The Morgan fingerprint density at radius 2 is 1.74 bits per heavy atom. The summed E-state index contributed by atoms with van der Waals surface area (Å²) in [6.07, 6.45) is 1.18. The van der Waals surface area contributed by atoms with Gasteiger partial charge in [-0.3, -0.25) is 0 Å². The predicted molar refractivity (Wildman–Crippen MR) is 105 cm³/mol. The molecule has 2 aromatic carbocycles. The van der Waals surface area contributed by atoms with E-state index in [1.165, 1.54) is 6.26 Å². The van der Waals surface area contributed by atoms with Crippen LogP contribution in [0.2, 0.25) is 5.02 Å². The lowest BCUT2D eigenvalue weighted by Gasteiger charge is -2.21. The Hall–Kier alpha value is -2.88. The minimum Gasteiger partial charge on any atom is -0.359 e. The zero-order valence-corrected chi connectivity index (χ0v) is 16.0. The van der Waals surface area contributed by atoms with Gasteiger partial charge in [-0.25, -0.2) is 13.4 Å². The summed E-state index contributed by atoms with van der Waals surface area (Å²) < 4.78 is 23.9. The molecule has 27 heavy (non-hydrogen) atoms. The Bertz CT molecular complexity index is 1110. The summed E-state index contributed by atoms with van der Waals surface area (Å²) in [4.78, 5) is 4.47. The molecule has 1 heterocycles. The van der Waals surface area contributed by atoms with Gasteiger partial charge >= 0.3 is 0 Å². The molecule has 0 amide bonds. The highest BCUT2D eigenvalue weighted by Gasteiger charge is 2.17. The average molecular weight is 398 g/mol. The monoisotopic (exact) mass is 397 g/mol. The Balaban J connectivity index is 2.07. The van der Waals surface area contributed by atoms with Crippen LogP contribution in [0.4, 0.5) is 5.82 Å². The number of sulfone groups is 1. The van der Waals surface area contributed by atoms with Crippen LogP contribution < -0.4 is 5.32 Å². The van der Waals surface area contributed by atoms with Gasteiger partial charge in [0.1, 0.15) is 11.9 Å². The summed E-state index contributed by atoms with van der Waals surface area (Å²) >= 11 is 5.96. The highest BCUT2D eigenvalue weighted by molar-refractivity contribution is 7.90. The van der Waals surface area contributed by atoms with Crippen molar-refractivity contribution in [2.45, 2.75) is 10.9 Å². The van der Waals surface area contributed by atoms with E-state index in [-0.39, 0.29) is 21.7 Å². The van der Waals surface area contributed by atoms with Gasteiger partial charge < -0.3 is 5.32 Å². The van der Waals surface area contributed by atoms with Crippen LogP contribution >= 0.6 is 11.6 Å². The van der Waals surface area contributed by atoms with E-state index in [0.29, 0.717) is 5.82 Å². The van der Waals surface area contributed by atoms with Gasteiger partial charge in [-0.15, -0.1) is 0 Å². The normalized spacial score (nSPS) is 12.2. The van der Waals surface area contributed by atoms with Crippen molar-refractivity contribution in [2.24, 2.45) is 0 Å². The predicted octanol–water partition coefficient (Wildman–Crippen LogP) is 4.21. The smallest absolute Gasteiger partial charge is 0.175 e. The third kappa shape index (κ3) is 4.45. The van der Waals surface area contributed by atoms with Gasteiger partial charge in [-0.05, 0) is 35.4 Å². The maximum absolute atomic E-state index is 11.9. The molecule has 0 bridgehead atoms. The first-order valence-corrected chi connectivity index (χ1v) is 10.3. The van der Waals surface area contributed by atoms with Crippen molar-refractivity contribution in [2.75, 3.05) is 11.6 Å². The Labute approximate surface area is 163 Å². The topological polar surface area (TPSA) is 82.9 Å². The summed E-state index contributed by atoms with van der Waals surface area (Å²) in [7, 11) is -3.33. The molecule has 3 rings (SSSR count). The standard InChI is InChI=1S/C20H16ClN3O2S/c1-27(25,26)16-9-5-8-15(12-16)20(14-6-3-2-4-7-14)24-19-11-10-17(21)18(13-22)23-19/h2-12,20H,1H3,(H,23,24). The third-order valence-electron chi connectivity index (χ3n) is 4.00. The highest BCUT2D eigenvalue weighted by Crippen LogP contribution is 2.28. The SMILES string of the molecule is CS(=O)(=O)c1cccc(C(Nc2ccc(Cl)c(C#N)n2)c2ccccc2)c1. The second kappa shape index (κ2) is 7.78. The van der Waals surface area contributed by atoms with Crippen LogP contribution in [0.25, 0.3) is 0 Å². The first-order valence-electron chi connectivity index (χ1n) is 8.06. The van der Waals surface area contributed by atoms with Crippen molar-refractivity contribution >= 4 is 27.3 Å². The van der Waals surface area contributed by atoms with Gasteiger partial charge in [0.15, 0.2) is 15.5 Å². The van der Waals surface area contributed by atoms with Crippen LogP contribution in [0.3, 0.4) is 0 Å².